The predicted molar refractivity (Wildman–Crippen MR) is 97.1 cm³/mol. The SMILES string of the molecule is N#Cc1cc(Br)cc(N2CCC(Nc3ccnc(C4CC4)n3)C2)c1. The molecule has 1 aromatic carbocycles. The molecule has 2 fully saturated rings. The number of nitriles is 1. The molecule has 0 amide bonds. The van der Waals surface area contributed by atoms with Crippen LogP contribution in [0.2, 0.25) is 0 Å². The Morgan fingerprint density at radius 3 is 2.92 bits per heavy atom. The smallest absolute Gasteiger partial charge is 0.133 e. The minimum atomic E-state index is 0.358. The number of rotatable bonds is 4. The van der Waals surface area contributed by atoms with Crippen LogP contribution in [0.4, 0.5) is 11.5 Å². The quantitative estimate of drug-likeness (QED) is 0.871. The van der Waals surface area contributed by atoms with Crippen molar-refractivity contribution in [3.63, 3.8) is 0 Å². The van der Waals surface area contributed by atoms with Crippen molar-refractivity contribution in [2.45, 2.75) is 31.2 Å². The summed E-state index contributed by atoms with van der Waals surface area (Å²) in [5.74, 6) is 2.46. The highest BCUT2D eigenvalue weighted by Crippen LogP contribution is 2.38. The number of nitrogens with zero attached hydrogens (tertiary/aromatic N) is 4. The first-order valence-electron chi connectivity index (χ1n) is 8.26. The van der Waals surface area contributed by atoms with Gasteiger partial charge in [-0.2, -0.15) is 5.26 Å². The van der Waals surface area contributed by atoms with Gasteiger partial charge in [-0.15, -0.1) is 0 Å². The fraction of sp³-hybridized carbons (Fsp3) is 0.389. The Labute approximate surface area is 149 Å². The van der Waals surface area contributed by atoms with Crippen LogP contribution < -0.4 is 10.2 Å². The summed E-state index contributed by atoms with van der Waals surface area (Å²) in [6.07, 6.45) is 5.33. The van der Waals surface area contributed by atoms with Crippen LogP contribution in [0.1, 0.15) is 36.6 Å². The zero-order chi connectivity index (χ0) is 16.5. The van der Waals surface area contributed by atoms with E-state index in [1.807, 2.05) is 24.4 Å². The van der Waals surface area contributed by atoms with Crippen molar-refractivity contribution in [1.29, 1.82) is 5.26 Å². The van der Waals surface area contributed by atoms with Gasteiger partial charge in [-0.05, 0) is 43.5 Å². The molecular weight excluding hydrogens is 366 g/mol. The molecule has 0 bridgehead atoms. The Hall–Kier alpha value is -2.13. The molecular formula is C18H18BrN5. The summed E-state index contributed by atoms with van der Waals surface area (Å²) in [5, 5.41) is 12.7. The second-order valence-electron chi connectivity index (χ2n) is 6.46. The lowest BCUT2D eigenvalue weighted by Crippen LogP contribution is -2.26. The minimum absolute atomic E-state index is 0.358. The number of anilines is 2. The highest BCUT2D eigenvalue weighted by Gasteiger charge is 2.27. The van der Waals surface area contributed by atoms with Crippen molar-refractivity contribution in [2.75, 3.05) is 23.3 Å². The summed E-state index contributed by atoms with van der Waals surface area (Å²) in [4.78, 5) is 11.3. The molecule has 1 N–H and O–H groups in total. The molecule has 0 radical (unpaired) electrons. The number of hydrogen-bond donors (Lipinski definition) is 1. The van der Waals surface area contributed by atoms with Crippen molar-refractivity contribution in [3.8, 4) is 6.07 Å². The second kappa shape index (κ2) is 6.40. The van der Waals surface area contributed by atoms with E-state index in [4.69, 9.17) is 5.26 Å². The first-order chi connectivity index (χ1) is 11.7. The van der Waals surface area contributed by atoms with Crippen LogP contribution in [0.3, 0.4) is 0 Å². The molecule has 1 unspecified atom stereocenters. The van der Waals surface area contributed by atoms with E-state index in [9.17, 15) is 0 Å². The number of hydrogen-bond acceptors (Lipinski definition) is 5. The highest BCUT2D eigenvalue weighted by atomic mass is 79.9. The van der Waals surface area contributed by atoms with E-state index in [1.165, 1.54) is 12.8 Å². The Morgan fingerprint density at radius 2 is 2.12 bits per heavy atom. The Bertz CT molecular complexity index is 796. The van der Waals surface area contributed by atoms with E-state index in [0.717, 1.165) is 41.3 Å². The van der Waals surface area contributed by atoms with Crippen LogP contribution in [-0.4, -0.2) is 29.1 Å². The van der Waals surface area contributed by atoms with Crippen molar-refractivity contribution in [3.05, 3.63) is 46.3 Å². The summed E-state index contributed by atoms with van der Waals surface area (Å²) in [5.41, 5.74) is 1.77. The van der Waals surface area contributed by atoms with Crippen molar-refractivity contribution in [1.82, 2.24) is 9.97 Å². The molecule has 5 nitrogen and oxygen atoms in total. The van der Waals surface area contributed by atoms with Gasteiger partial charge in [-0.1, -0.05) is 15.9 Å². The van der Waals surface area contributed by atoms with E-state index < -0.39 is 0 Å². The van der Waals surface area contributed by atoms with Crippen molar-refractivity contribution in [2.24, 2.45) is 0 Å². The van der Waals surface area contributed by atoms with Crippen molar-refractivity contribution < 1.29 is 0 Å². The van der Waals surface area contributed by atoms with E-state index in [1.54, 1.807) is 0 Å². The molecule has 6 heteroatoms. The summed E-state index contributed by atoms with van der Waals surface area (Å²) < 4.78 is 0.942. The largest absolute Gasteiger partial charge is 0.369 e. The molecule has 1 aliphatic carbocycles. The predicted octanol–water partition coefficient (Wildman–Crippen LogP) is 3.68. The van der Waals surface area contributed by atoms with Crippen LogP contribution >= 0.6 is 15.9 Å². The fourth-order valence-electron chi connectivity index (χ4n) is 3.14. The average Bonchev–Trinajstić information content (AvgIpc) is 3.34. The Kier molecular flexibility index (Phi) is 4.11. The summed E-state index contributed by atoms with van der Waals surface area (Å²) in [7, 11) is 0. The van der Waals surface area contributed by atoms with Gasteiger partial charge in [-0.3, -0.25) is 0 Å². The first-order valence-corrected chi connectivity index (χ1v) is 9.06. The lowest BCUT2D eigenvalue weighted by Gasteiger charge is -2.20. The lowest BCUT2D eigenvalue weighted by atomic mass is 10.2. The van der Waals surface area contributed by atoms with E-state index in [0.29, 0.717) is 17.5 Å². The van der Waals surface area contributed by atoms with Crippen LogP contribution in [-0.2, 0) is 0 Å². The molecule has 2 aromatic rings. The molecule has 122 valence electrons. The molecule has 4 rings (SSSR count). The maximum Gasteiger partial charge on any atom is 0.133 e. The van der Waals surface area contributed by atoms with Gasteiger partial charge >= 0.3 is 0 Å². The first kappa shape index (κ1) is 15.4. The normalized spacial score (nSPS) is 20.0. The minimum Gasteiger partial charge on any atom is -0.369 e. The van der Waals surface area contributed by atoms with Gasteiger partial charge in [0.05, 0.1) is 11.6 Å². The number of benzene rings is 1. The number of nitrogens with one attached hydrogen (secondary N) is 1. The molecule has 1 aromatic heterocycles. The fourth-order valence-corrected chi connectivity index (χ4v) is 3.62. The lowest BCUT2D eigenvalue weighted by molar-refractivity contribution is 0.793. The third-order valence-electron chi connectivity index (χ3n) is 4.53. The highest BCUT2D eigenvalue weighted by molar-refractivity contribution is 9.10. The van der Waals surface area contributed by atoms with Crippen LogP contribution in [0.5, 0.6) is 0 Å². The molecule has 24 heavy (non-hydrogen) atoms. The van der Waals surface area contributed by atoms with Crippen molar-refractivity contribution >= 4 is 27.4 Å². The Morgan fingerprint density at radius 1 is 1.25 bits per heavy atom. The summed E-state index contributed by atoms with van der Waals surface area (Å²) in [6.45, 7) is 1.88. The average molecular weight is 384 g/mol. The standard InChI is InChI=1S/C18H18BrN5/c19-14-7-12(10-20)8-16(9-14)24-6-4-15(11-24)22-17-3-5-21-18(23-17)13-1-2-13/h3,5,7-9,13,15H,1-2,4,6,11H2,(H,21,22,23). The molecule has 2 aliphatic rings. The van der Waals surface area contributed by atoms with Crippen LogP contribution in [0.25, 0.3) is 0 Å². The van der Waals surface area contributed by atoms with Gasteiger partial charge in [0.1, 0.15) is 11.6 Å². The van der Waals surface area contributed by atoms with Gasteiger partial charge in [0.15, 0.2) is 0 Å². The van der Waals surface area contributed by atoms with Gasteiger partial charge < -0.3 is 10.2 Å². The Balaban J connectivity index is 1.44. The number of aromatic nitrogens is 2. The molecule has 2 heterocycles. The summed E-state index contributed by atoms with van der Waals surface area (Å²) in [6, 6.07) is 10.4. The van der Waals surface area contributed by atoms with Gasteiger partial charge in [0, 0.05) is 41.4 Å². The van der Waals surface area contributed by atoms with E-state index in [-0.39, 0.29) is 0 Å². The van der Waals surface area contributed by atoms with Crippen LogP contribution in [0.15, 0.2) is 34.9 Å². The maximum absolute atomic E-state index is 9.14. The monoisotopic (exact) mass is 383 g/mol. The zero-order valence-electron chi connectivity index (χ0n) is 13.2. The number of halogens is 1. The zero-order valence-corrected chi connectivity index (χ0v) is 14.8. The van der Waals surface area contributed by atoms with E-state index in [2.05, 4.69) is 48.3 Å². The maximum atomic E-state index is 9.14. The second-order valence-corrected chi connectivity index (χ2v) is 7.38. The molecule has 1 saturated carbocycles. The van der Waals surface area contributed by atoms with Gasteiger partial charge in [0.25, 0.3) is 0 Å². The third kappa shape index (κ3) is 3.36. The molecule has 1 aliphatic heterocycles. The van der Waals surface area contributed by atoms with Gasteiger partial charge in [-0.25, -0.2) is 9.97 Å². The van der Waals surface area contributed by atoms with Gasteiger partial charge in [0.2, 0.25) is 0 Å². The topological polar surface area (TPSA) is 64.8 Å². The molecule has 0 spiro atoms. The van der Waals surface area contributed by atoms with Crippen LogP contribution in [0, 0.1) is 11.3 Å². The molecule has 1 atom stereocenters. The third-order valence-corrected chi connectivity index (χ3v) is 4.99. The van der Waals surface area contributed by atoms with E-state index >= 15 is 0 Å². The summed E-state index contributed by atoms with van der Waals surface area (Å²) >= 11 is 3.49. The molecule has 1 saturated heterocycles.